The molecule has 4 rings (SSSR count). The average molecular weight is 509 g/mol. The highest BCUT2D eigenvalue weighted by atomic mass is 35.5. The smallest absolute Gasteiger partial charge is 0.332 e. The second-order valence-electron chi connectivity index (χ2n) is 7.37. The van der Waals surface area contributed by atoms with E-state index in [4.69, 9.17) is 28.2 Å². The monoisotopic (exact) mass is 508 g/mol. The van der Waals surface area contributed by atoms with Gasteiger partial charge in [0.15, 0.2) is 5.82 Å². The van der Waals surface area contributed by atoms with Gasteiger partial charge in [-0.2, -0.15) is 4.36 Å². The van der Waals surface area contributed by atoms with Crippen molar-refractivity contribution in [3.05, 3.63) is 116 Å². The van der Waals surface area contributed by atoms with Crippen LogP contribution in [0.5, 0.6) is 0 Å². The number of halogens is 1. The van der Waals surface area contributed by atoms with Crippen molar-refractivity contribution in [2.24, 2.45) is 18.5 Å². The number of rotatable bonds is 5. The third-order valence-corrected chi connectivity index (χ3v) is 7.42. The maximum atomic E-state index is 13.2. The Hall–Kier alpha value is -3.33. The molecular weight excluding hydrogens is 488 g/mol. The molecule has 4 aromatic rings. The van der Waals surface area contributed by atoms with Crippen LogP contribution in [0.2, 0.25) is 5.02 Å². The van der Waals surface area contributed by atoms with Crippen molar-refractivity contribution in [2.75, 3.05) is 5.32 Å². The van der Waals surface area contributed by atoms with Crippen LogP contribution >= 0.6 is 23.8 Å². The SMILES string of the molecule is Cn1c(N=S(c2ccccc2)c2ccccc2)c(C(=S)Nc2ccc(Cl)cc2)c(=O)n(C)c1=O. The average Bonchev–Trinajstić information content (AvgIpc) is 2.86. The van der Waals surface area contributed by atoms with Crippen molar-refractivity contribution in [1.82, 2.24) is 9.13 Å². The van der Waals surface area contributed by atoms with Gasteiger partial charge in [-0.15, -0.1) is 0 Å². The summed E-state index contributed by atoms with van der Waals surface area (Å²) < 4.78 is 7.36. The topological polar surface area (TPSA) is 68.4 Å². The fraction of sp³-hybridized carbons (Fsp3) is 0.0800. The molecule has 1 aromatic heterocycles. The predicted molar refractivity (Wildman–Crippen MR) is 143 cm³/mol. The molecule has 1 N–H and O–H groups in total. The Morgan fingerprint density at radius 1 is 0.853 bits per heavy atom. The molecule has 0 aliphatic heterocycles. The minimum absolute atomic E-state index is 0.152. The quantitative estimate of drug-likeness (QED) is 0.382. The lowest BCUT2D eigenvalue weighted by atomic mass is 10.2. The minimum atomic E-state index is -0.800. The summed E-state index contributed by atoms with van der Waals surface area (Å²) in [5.41, 5.74) is -0.176. The lowest BCUT2D eigenvalue weighted by Crippen LogP contribution is -2.41. The van der Waals surface area contributed by atoms with Crippen LogP contribution in [0.25, 0.3) is 0 Å². The highest BCUT2D eigenvalue weighted by Gasteiger charge is 2.21. The van der Waals surface area contributed by atoms with Crippen molar-refractivity contribution >= 4 is 51.0 Å². The summed E-state index contributed by atoms with van der Waals surface area (Å²) in [6.07, 6.45) is 0. The predicted octanol–water partition coefficient (Wildman–Crippen LogP) is 5.08. The Morgan fingerprint density at radius 2 is 1.38 bits per heavy atom. The van der Waals surface area contributed by atoms with Crippen LogP contribution in [-0.2, 0) is 24.8 Å². The molecular formula is C25H21ClN4O2S2. The van der Waals surface area contributed by atoms with Crippen molar-refractivity contribution in [2.45, 2.75) is 9.79 Å². The molecule has 0 saturated heterocycles. The summed E-state index contributed by atoms with van der Waals surface area (Å²) in [6.45, 7) is 0. The standard InChI is InChI=1S/C25H21ClN4O2S2/c1-29-22(28-34(19-9-5-3-6-10-19)20-11-7-4-8-12-20)21(24(31)30(2)25(29)32)23(33)27-18-15-13-17(26)14-16-18/h3-16H,1-2H3,(H,27,33). The van der Waals surface area contributed by atoms with Gasteiger partial charge in [0, 0.05) is 34.6 Å². The Labute approximate surface area is 209 Å². The molecule has 0 atom stereocenters. The molecule has 0 amide bonds. The molecule has 172 valence electrons. The van der Waals surface area contributed by atoms with Gasteiger partial charge in [0.05, 0.1) is 0 Å². The molecule has 0 bridgehead atoms. The second-order valence-corrected chi connectivity index (χ2v) is 9.91. The summed E-state index contributed by atoms with van der Waals surface area (Å²) in [5.74, 6) is 0.218. The van der Waals surface area contributed by atoms with E-state index in [2.05, 4.69) is 5.32 Å². The van der Waals surface area contributed by atoms with Crippen LogP contribution in [-0.4, -0.2) is 14.1 Å². The van der Waals surface area contributed by atoms with E-state index in [0.29, 0.717) is 10.7 Å². The number of hydrogen-bond donors (Lipinski definition) is 1. The largest absolute Gasteiger partial charge is 0.346 e. The molecule has 0 aliphatic carbocycles. The Bertz CT molecular complexity index is 1460. The first kappa shape index (κ1) is 23.8. The van der Waals surface area contributed by atoms with Crippen LogP contribution in [0.15, 0.2) is 109 Å². The van der Waals surface area contributed by atoms with E-state index in [-0.39, 0.29) is 16.4 Å². The van der Waals surface area contributed by atoms with Crippen molar-refractivity contribution in [1.29, 1.82) is 0 Å². The van der Waals surface area contributed by atoms with Gasteiger partial charge >= 0.3 is 5.69 Å². The lowest BCUT2D eigenvalue weighted by Gasteiger charge is -2.16. The fourth-order valence-corrected chi connectivity index (χ4v) is 5.41. The van der Waals surface area contributed by atoms with Crippen LogP contribution in [0.3, 0.4) is 0 Å². The number of hydrogen-bond acceptors (Lipinski definition) is 4. The molecule has 0 aliphatic rings. The molecule has 3 aromatic carbocycles. The van der Waals surface area contributed by atoms with Gasteiger partial charge in [-0.3, -0.25) is 13.9 Å². The molecule has 0 fully saturated rings. The molecule has 1 heterocycles. The normalized spacial score (nSPS) is 10.8. The number of anilines is 1. The zero-order chi connectivity index (χ0) is 24.2. The van der Waals surface area contributed by atoms with Crippen LogP contribution in [0, 0.1) is 0 Å². The van der Waals surface area contributed by atoms with Crippen molar-refractivity contribution < 1.29 is 0 Å². The van der Waals surface area contributed by atoms with Gasteiger partial charge in [0.1, 0.15) is 10.6 Å². The van der Waals surface area contributed by atoms with Gasteiger partial charge in [-0.05, 0) is 59.2 Å². The molecule has 0 unspecified atom stereocenters. The van der Waals surface area contributed by atoms with E-state index in [0.717, 1.165) is 14.4 Å². The lowest BCUT2D eigenvalue weighted by molar-refractivity contribution is 0.687. The molecule has 0 spiro atoms. The summed E-state index contributed by atoms with van der Waals surface area (Å²) in [7, 11) is 2.22. The Kier molecular flexibility index (Phi) is 7.21. The van der Waals surface area contributed by atoms with Gasteiger partial charge in [0.25, 0.3) is 5.56 Å². The van der Waals surface area contributed by atoms with E-state index in [1.165, 1.54) is 11.6 Å². The summed E-state index contributed by atoms with van der Waals surface area (Å²) in [5, 5.41) is 3.66. The van der Waals surface area contributed by atoms with Crippen molar-refractivity contribution in [3.63, 3.8) is 0 Å². The van der Waals surface area contributed by atoms with E-state index >= 15 is 0 Å². The highest BCUT2D eigenvalue weighted by Crippen LogP contribution is 2.25. The van der Waals surface area contributed by atoms with E-state index in [9.17, 15) is 9.59 Å². The Balaban J connectivity index is 1.95. The van der Waals surface area contributed by atoms with Crippen LogP contribution < -0.4 is 16.6 Å². The Morgan fingerprint density at radius 3 is 1.91 bits per heavy atom. The first-order valence-electron chi connectivity index (χ1n) is 10.3. The van der Waals surface area contributed by atoms with E-state index < -0.39 is 21.9 Å². The third-order valence-electron chi connectivity index (χ3n) is 5.07. The minimum Gasteiger partial charge on any atom is -0.346 e. The number of nitrogens with one attached hydrogen (secondary N) is 1. The zero-order valence-corrected chi connectivity index (χ0v) is 20.8. The third kappa shape index (κ3) is 4.94. The first-order valence-corrected chi connectivity index (χ1v) is 12.3. The van der Waals surface area contributed by atoms with Gasteiger partial charge in [-0.25, -0.2) is 4.79 Å². The van der Waals surface area contributed by atoms with Gasteiger partial charge in [0.2, 0.25) is 0 Å². The van der Waals surface area contributed by atoms with Gasteiger partial charge < -0.3 is 5.32 Å². The van der Waals surface area contributed by atoms with Gasteiger partial charge in [-0.1, -0.05) is 60.2 Å². The maximum Gasteiger partial charge on any atom is 0.332 e. The van der Waals surface area contributed by atoms with Crippen LogP contribution in [0.4, 0.5) is 11.5 Å². The molecule has 6 nitrogen and oxygen atoms in total. The summed E-state index contributed by atoms with van der Waals surface area (Å²) >= 11 is 11.6. The maximum absolute atomic E-state index is 13.2. The number of benzene rings is 3. The summed E-state index contributed by atoms with van der Waals surface area (Å²) in [6, 6.07) is 26.5. The number of nitrogens with zero attached hydrogens (tertiary/aromatic N) is 3. The summed E-state index contributed by atoms with van der Waals surface area (Å²) in [4.78, 5) is 28.1. The highest BCUT2D eigenvalue weighted by molar-refractivity contribution is 7.87. The number of aromatic nitrogens is 2. The number of thiocarbonyl (C=S) groups is 1. The first-order chi connectivity index (χ1) is 16.4. The molecule has 0 radical (unpaired) electrons. The second kappa shape index (κ2) is 10.3. The molecule has 9 heteroatoms. The van der Waals surface area contributed by atoms with Crippen molar-refractivity contribution in [3.8, 4) is 0 Å². The molecule has 0 saturated carbocycles. The van der Waals surface area contributed by atoms with E-state index in [1.54, 1.807) is 31.3 Å². The van der Waals surface area contributed by atoms with Crippen LogP contribution in [0.1, 0.15) is 5.56 Å². The fourth-order valence-electron chi connectivity index (χ4n) is 3.29. The molecule has 34 heavy (non-hydrogen) atoms. The van der Waals surface area contributed by atoms with E-state index in [1.807, 2.05) is 60.7 Å². The zero-order valence-electron chi connectivity index (χ0n) is 18.4.